The van der Waals surface area contributed by atoms with Gasteiger partial charge >= 0.3 is 0 Å². The van der Waals surface area contributed by atoms with Crippen molar-refractivity contribution >= 4 is 15.9 Å². The second-order valence-electron chi connectivity index (χ2n) is 4.14. The molecule has 0 fully saturated rings. The van der Waals surface area contributed by atoms with Gasteiger partial charge in [0.1, 0.15) is 0 Å². The first-order chi connectivity index (χ1) is 7.19. The van der Waals surface area contributed by atoms with Gasteiger partial charge in [0.2, 0.25) is 15.9 Å². The standard InChI is InChI=1S/C9H21N3O3S/c1-3-5-9(2,10)8(13)12-6-4-7-16(11,14)15/h3-7,10H2,1-2H3,(H,12,13)(H2,11,14,15). The molecular formula is C9H21N3O3S. The van der Waals surface area contributed by atoms with Crippen molar-refractivity contribution in [1.29, 1.82) is 0 Å². The Kier molecular flexibility index (Phi) is 5.91. The molecule has 0 spiro atoms. The largest absolute Gasteiger partial charge is 0.354 e. The first-order valence-corrected chi connectivity index (χ1v) is 6.98. The Bertz CT molecular complexity index is 325. The zero-order valence-electron chi connectivity index (χ0n) is 9.82. The average molecular weight is 251 g/mol. The molecule has 1 unspecified atom stereocenters. The molecule has 0 aromatic heterocycles. The van der Waals surface area contributed by atoms with Crippen LogP contribution < -0.4 is 16.2 Å². The lowest BCUT2D eigenvalue weighted by Gasteiger charge is -2.22. The first-order valence-electron chi connectivity index (χ1n) is 5.26. The van der Waals surface area contributed by atoms with Gasteiger partial charge in [-0.1, -0.05) is 13.3 Å². The number of rotatable bonds is 7. The number of hydrogen-bond donors (Lipinski definition) is 3. The summed E-state index contributed by atoms with van der Waals surface area (Å²) in [5, 5.41) is 7.42. The highest BCUT2D eigenvalue weighted by molar-refractivity contribution is 7.89. The monoisotopic (exact) mass is 251 g/mol. The van der Waals surface area contributed by atoms with Crippen LogP contribution in [0, 0.1) is 0 Å². The second-order valence-corrected chi connectivity index (χ2v) is 5.88. The Morgan fingerprint density at radius 1 is 1.44 bits per heavy atom. The summed E-state index contributed by atoms with van der Waals surface area (Å²) in [4.78, 5) is 11.6. The van der Waals surface area contributed by atoms with Crippen LogP contribution in [0.3, 0.4) is 0 Å². The molecular weight excluding hydrogens is 230 g/mol. The van der Waals surface area contributed by atoms with E-state index in [1.165, 1.54) is 0 Å². The lowest BCUT2D eigenvalue weighted by molar-refractivity contribution is -0.126. The second kappa shape index (κ2) is 6.17. The molecule has 5 N–H and O–H groups in total. The van der Waals surface area contributed by atoms with Crippen molar-refractivity contribution in [2.24, 2.45) is 10.9 Å². The van der Waals surface area contributed by atoms with Crippen molar-refractivity contribution in [2.75, 3.05) is 12.3 Å². The molecule has 7 heteroatoms. The van der Waals surface area contributed by atoms with Gasteiger partial charge in [-0.15, -0.1) is 0 Å². The summed E-state index contributed by atoms with van der Waals surface area (Å²) in [7, 11) is -3.45. The molecule has 1 amide bonds. The Morgan fingerprint density at radius 2 is 2.00 bits per heavy atom. The molecule has 0 aliphatic rings. The fraction of sp³-hybridized carbons (Fsp3) is 0.889. The van der Waals surface area contributed by atoms with Gasteiger partial charge < -0.3 is 11.1 Å². The maximum absolute atomic E-state index is 11.6. The van der Waals surface area contributed by atoms with Gasteiger partial charge in [-0.05, 0) is 19.8 Å². The van der Waals surface area contributed by atoms with E-state index in [9.17, 15) is 13.2 Å². The summed E-state index contributed by atoms with van der Waals surface area (Å²) in [6.07, 6.45) is 1.71. The van der Waals surface area contributed by atoms with Crippen LogP contribution in [0.2, 0.25) is 0 Å². The number of carbonyl (C=O) groups excluding carboxylic acids is 1. The first kappa shape index (κ1) is 15.3. The van der Waals surface area contributed by atoms with Crippen LogP contribution in [0.1, 0.15) is 33.1 Å². The van der Waals surface area contributed by atoms with Gasteiger partial charge in [0, 0.05) is 6.54 Å². The predicted octanol–water partition coefficient (Wildman–Crippen LogP) is -0.701. The molecule has 0 aliphatic heterocycles. The molecule has 0 saturated carbocycles. The molecule has 0 radical (unpaired) electrons. The molecule has 0 bridgehead atoms. The molecule has 0 rings (SSSR count). The summed E-state index contributed by atoms with van der Waals surface area (Å²) in [5.74, 6) is -0.397. The molecule has 0 aromatic rings. The molecule has 16 heavy (non-hydrogen) atoms. The number of nitrogens with one attached hydrogen (secondary N) is 1. The zero-order valence-corrected chi connectivity index (χ0v) is 10.6. The molecule has 0 aliphatic carbocycles. The SMILES string of the molecule is CCCC(C)(N)C(=O)NCCCS(N)(=O)=O. The van der Waals surface area contributed by atoms with E-state index in [2.05, 4.69) is 5.32 Å². The molecule has 0 aromatic carbocycles. The van der Waals surface area contributed by atoms with E-state index in [1.54, 1.807) is 6.92 Å². The van der Waals surface area contributed by atoms with Gasteiger partial charge in [-0.2, -0.15) is 0 Å². The molecule has 96 valence electrons. The molecule has 0 heterocycles. The third kappa shape index (κ3) is 6.76. The predicted molar refractivity (Wildman–Crippen MR) is 63.1 cm³/mol. The summed E-state index contributed by atoms with van der Waals surface area (Å²) in [6, 6.07) is 0. The maximum atomic E-state index is 11.6. The maximum Gasteiger partial charge on any atom is 0.239 e. The summed E-state index contributed by atoms with van der Waals surface area (Å²) in [5.41, 5.74) is 4.89. The van der Waals surface area contributed by atoms with E-state index in [1.807, 2.05) is 6.92 Å². The Hall–Kier alpha value is -0.660. The number of carbonyl (C=O) groups is 1. The normalized spacial score (nSPS) is 15.5. The third-order valence-corrected chi connectivity index (χ3v) is 3.04. The number of primary sulfonamides is 1. The number of sulfonamides is 1. The van der Waals surface area contributed by atoms with Crippen LogP contribution in [0.4, 0.5) is 0 Å². The van der Waals surface area contributed by atoms with Gasteiger partial charge in [0.15, 0.2) is 0 Å². The van der Waals surface area contributed by atoms with Crippen molar-refractivity contribution < 1.29 is 13.2 Å². The minimum atomic E-state index is -3.45. The van der Waals surface area contributed by atoms with Crippen molar-refractivity contribution in [3.63, 3.8) is 0 Å². The molecule has 1 atom stereocenters. The van der Waals surface area contributed by atoms with Crippen LogP contribution in [0.15, 0.2) is 0 Å². The van der Waals surface area contributed by atoms with Crippen LogP contribution in [-0.4, -0.2) is 32.2 Å². The minimum Gasteiger partial charge on any atom is -0.354 e. The highest BCUT2D eigenvalue weighted by Crippen LogP contribution is 2.08. The van der Waals surface area contributed by atoms with Crippen molar-refractivity contribution in [3.05, 3.63) is 0 Å². The van der Waals surface area contributed by atoms with E-state index in [-0.39, 0.29) is 18.2 Å². The van der Waals surface area contributed by atoms with Crippen LogP contribution in [-0.2, 0) is 14.8 Å². The highest BCUT2D eigenvalue weighted by atomic mass is 32.2. The Morgan fingerprint density at radius 3 is 2.44 bits per heavy atom. The van der Waals surface area contributed by atoms with Crippen LogP contribution in [0.5, 0.6) is 0 Å². The quantitative estimate of drug-likeness (QED) is 0.519. The van der Waals surface area contributed by atoms with E-state index >= 15 is 0 Å². The summed E-state index contributed by atoms with van der Waals surface area (Å²) < 4.78 is 21.2. The molecule has 6 nitrogen and oxygen atoms in total. The number of hydrogen-bond acceptors (Lipinski definition) is 4. The lowest BCUT2D eigenvalue weighted by Crippen LogP contribution is -2.51. The Balaban J connectivity index is 3.90. The van der Waals surface area contributed by atoms with Crippen molar-refractivity contribution in [3.8, 4) is 0 Å². The lowest BCUT2D eigenvalue weighted by atomic mass is 9.96. The van der Waals surface area contributed by atoms with Crippen molar-refractivity contribution in [2.45, 2.75) is 38.6 Å². The summed E-state index contributed by atoms with van der Waals surface area (Å²) in [6.45, 7) is 3.87. The van der Waals surface area contributed by atoms with Crippen LogP contribution in [0.25, 0.3) is 0 Å². The van der Waals surface area contributed by atoms with Gasteiger partial charge in [-0.25, -0.2) is 13.6 Å². The van der Waals surface area contributed by atoms with Crippen molar-refractivity contribution in [1.82, 2.24) is 5.32 Å². The third-order valence-electron chi connectivity index (χ3n) is 2.18. The zero-order chi connectivity index (χ0) is 12.8. The Labute approximate surface area is 96.8 Å². The summed E-state index contributed by atoms with van der Waals surface area (Å²) >= 11 is 0. The molecule has 0 saturated heterocycles. The number of amides is 1. The van der Waals surface area contributed by atoms with E-state index in [0.29, 0.717) is 12.8 Å². The topological polar surface area (TPSA) is 115 Å². The van der Waals surface area contributed by atoms with Crippen LogP contribution >= 0.6 is 0 Å². The number of nitrogens with two attached hydrogens (primary N) is 2. The average Bonchev–Trinajstić information content (AvgIpc) is 2.10. The highest BCUT2D eigenvalue weighted by Gasteiger charge is 2.26. The van der Waals surface area contributed by atoms with E-state index < -0.39 is 15.6 Å². The van der Waals surface area contributed by atoms with Gasteiger partial charge in [0.05, 0.1) is 11.3 Å². The van der Waals surface area contributed by atoms with E-state index in [0.717, 1.165) is 6.42 Å². The fourth-order valence-corrected chi connectivity index (χ4v) is 1.86. The van der Waals surface area contributed by atoms with E-state index in [4.69, 9.17) is 10.9 Å². The fourth-order valence-electron chi connectivity index (χ4n) is 1.31. The smallest absolute Gasteiger partial charge is 0.239 e. The van der Waals surface area contributed by atoms with Gasteiger partial charge in [-0.3, -0.25) is 4.79 Å². The van der Waals surface area contributed by atoms with Gasteiger partial charge in [0.25, 0.3) is 0 Å². The minimum absolute atomic E-state index is 0.137.